The Bertz CT molecular complexity index is 677. The van der Waals surface area contributed by atoms with Crippen molar-refractivity contribution in [2.45, 2.75) is 52.7 Å². The van der Waals surface area contributed by atoms with Gasteiger partial charge in [-0.05, 0) is 34.6 Å². The lowest BCUT2D eigenvalue weighted by Crippen LogP contribution is -2.64. The van der Waals surface area contributed by atoms with Crippen LogP contribution in [0.5, 0.6) is 0 Å². The fraction of sp³-hybridized carbons (Fsp3) is 0.667. The molecule has 0 spiro atoms. The first-order chi connectivity index (χ1) is 10.8. The van der Waals surface area contributed by atoms with Crippen LogP contribution in [0.3, 0.4) is 0 Å². The summed E-state index contributed by atoms with van der Waals surface area (Å²) >= 11 is 0. The molecule has 23 heavy (non-hydrogen) atoms. The second-order valence-corrected chi connectivity index (χ2v) is 6.36. The van der Waals surface area contributed by atoms with Crippen molar-refractivity contribution >= 4 is 29.4 Å². The van der Waals surface area contributed by atoms with Gasteiger partial charge < -0.3 is 0 Å². The summed E-state index contributed by atoms with van der Waals surface area (Å²) in [5.41, 5.74) is 0.925. The molecule has 2 unspecified atom stereocenters. The predicted octanol–water partition coefficient (Wildman–Crippen LogP) is 0.538. The van der Waals surface area contributed by atoms with Gasteiger partial charge in [-0.3, -0.25) is 14.6 Å². The van der Waals surface area contributed by atoms with E-state index in [-0.39, 0.29) is 24.0 Å². The molecular formula is C15H23N6O2+. The number of imide groups is 1. The van der Waals surface area contributed by atoms with Gasteiger partial charge in [-0.2, -0.15) is 0 Å². The van der Waals surface area contributed by atoms with E-state index in [4.69, 9.17) is 0 Å². The smallest absolute Gasteiger partial charge is 0.270 e. The third kappa shape index (κ3) is 2.00. The number of likely N-dealkylation sites (N-methyl/N-ethyl adjacent to an activating group) is 2. The zero-order chi connectivity index (χ0) is 17.0. The number of carbonyl (C=O) groups is 2. The van der Waals surface area contributed by atoms with Crippen molar-refractivity contribution in [3.8, 4) is 0 Å². The molecule has 3 amide bonds. The van der Waals surface area contributed by atoms with Crippen LogP contribution < -0.4 is 0 Å². The summed E-state index contributed by atoms with van der Waals surface area (Å²) in [7, 11) is 1.67. The van der Waals surface area contributed by atoms with Crippen LogP contribution >= 0.6 is 0 Å². The summed E-state index contributed by atoms with van der Waals surface area (Å²) in [6.07, 6.45) is 0. The van der Waals surface area contributed by atoms with Crippen LogP contribution in [0.25, 0.3) is 0 Å². The minimum Gasteiger partial charge on any atom is -0.270 e. The number of carbonyl (C=O) groups excluding carboxylic acids is 2. The summed E-state index contributed by atoms with van der Waals surface area (Å²) in [6, 6.07) is -0.822. The number of amidine groups is 1. The van der Waals surface area contributed by atoms with Gasteiger partial charge in [0, 0.05) is 13.6 Å². The topological polar surface area (TPSA) is 71.6 Å². The molecule has 1 fully saturated rings. The van der Waals surface area contributed by atoms with Gasteiger partial charge in [0.05, 0.1) is 11.8 Å². The first-order valence-corrected chi connectivity index (χ1v) is 7.96. The molecule has 2 atom stereocenters. The molecule has 0 N–H and O–H groups in total. The van der Waals surface area contributed by atoms with Crippen LogP contribution in [0.2, 0.25) is 0 Å². The zero-order valence-electron chi connectivity index (χ0n) is 14.4. The average molecular weight is 319 g/mol. The monoisotopic (exact) mass is 319 g/mol. The highest BCUT2D eigenvalue weighted by Gasteiger charge is 2.56. The van der Waals surface area contributed by atoms with Crippen molar-refractivity contribution in [3.63, 3.8) is 0 Å². The Balaban J connectivity index is 2.13. The Morgan fingerprint density at radius 3 is 2.52 bits per heavy atom. The Kier molecular flexibility index (Phi) is 3.50. The molecule has 3 aliphatic rings. The van der Waals surface area contributed by atoms with E-state index in [0.717, 1.165) is 5.71 Å². The van der Waals surface area contributed by atoms with Crippen LogP contribution in [0.4, 0.5) is 4.79 Å². The van der Waals surface area contributed by atoms with Crippen LogP contribution in [0, 0.1) is 0 Å². The molecule has 0 aromatic carbocycles. The van der Waals surface area contributed by atoms with Crippen LogP contribution in [0.15, 0.2) is 10.1 Å². The summed E-state index contributed by atoms with van der Waals surface area (Å²) in [5, 5.41) is 6.43. The van der Waals surface area contributed by atoms with Crippen molar-refractivity contribution in [3.05, 3.63) is 0 Å². The number of nitrogens with zero attached hydrogens (tertiary/aromatic N) is 6. The number of hydrazone groups is 1. The molecule has 3 aliphatic heterocycles. The summed E-state index contributed by atoms with van der Waals surface area (Å²) in [6.45, 7) is 10.2. The number of guanidine groups is 1. The van der Waals surface area contributed by atoms with Gasteiger partial charge in [-0.25, -0.2) is 9.37 Å². The van der Waals surface area contributed by atoms with Crippen molar-refractivity contribution in [2.24, 2.45) is 10.1 Å². The molecule has 0 aromatic rings. The number of rotatable bonds is 2. The number of hydrogen-bond acceptors (Lipinski definition) is 5. The first-order valence-electron chi connectivity index (χ1n) is 7.96. The molecule has 0 radical (unpaired) electrons. The quantitative estimate of drug-likeness (QED) is 0.697. The highest BCUT2D eigenvalue weighted by Crippen LogP contribution is 2.25. The van der Waals surface area contributed by atoms with Gasteiger partial charge in [-0.15, -0.1) is 10.1 Å². The Morgan fingerprint density at radius 2 is 1.96 bits per heavy atom. The highest BCUT2D eigenvalue weighted by molar-refractivity contribution is 6.23. The van der Waals surface area contributed by atoms with Crippen molar-refractivity contribution in [1.82, 2.24) is 14.8 Å². The van der Waals surface area contributed by atoms with Crippen molar-refractivity contribution in [1.29, 1.82) is 0 Å². The maximum atomic E-state index is 12.9. The van der Waals surface area contributed by atoms with Gasteiger partial charge >= 0.3 is 12.0 Å². The van der Waals surface area contributed by atoms with Gasteiger partial charge in [0.15, 0.2) is 0 Å². The average Bonchev–Trinajstić information content (AvgIpc) is 2.90. The standard InChI is InChI=1S/C15H23N6O2/c1-7-19-13(22)11-12(18(6)15(19)23)16-14-20(11)10(5)9(4)17-21(14)8(2)3/h8,10-11H,7H2,1-6H3/q+1. The largest absolute Gasteiger partial charge is 0.417 e. The van der Waals surface area contributed by atoms with E-state index in [1.807, 2.05) is 37.3 Å². The molecule has 3 rings (SSSR count). The van der Waals surface area contributed by atoms with E-state index >= 15 is 0 Å². The van der Waals surface area contributed by atoms with Gasteiger partial charge in [-0.1, -0.05) is 4.99 Å². The lowest BCUT2D eigenvalue weighted by Gasteiger charge is -2.35. The van der Waals surface area contributed by atoms with Gasteiger partial charge in [0.25, 0.3) is 5.91 Å². The molecule has 0 aromatic heterocycles. The zero-order valence-corrected chi connectivity index (χ0v) is 14.4. The number of fused-ring (bicyclic) bond motifs is 2. The van der Waals surface area contributed by atoms with Crippen LogP contribution in [-0.4, -0.2) is 80.5 Å². The molecule has 0 aliphatic carbocycles. The lowest BCUT2D eigenvalue weighted by atomic mass is 10.1. The van der Waals surface area contributed by atoms with E-state index in [9.17, 15) is 9.59 Å². The van der Waals surface area contributed by atoms with E-state index in [2.05, 4.69) is 10.1 Å². The van der Waals surface area contributed by atoms with Crippen LogP contribution in [-0.2, 0) is 4.79 Å². The Hall–Kier alpha value is -2.25. The third-order valence-corrected chi connectivity index (χ3v) is 4.63. The van der Waals surface area contributed by atoms with E-state index in [1.54, 1.807) is 14.0 Å². The molecular weight excluding hydrogens is 296 g/mol. The third-order valence-electron chi connectivity index (χ3n) is 4.63. The number of hydrogen-bond donors (Lipinski definition) is 0. The second kappa shape index (κ2) is 5.14. The Morgan fingerprint density at radius 1 is 1.30 bits per heavy atom. The number of amides is 3. The fourth-order valence-electron chi connectivity index (χ4n) is 3.17. The predicted molar refractivity (Wildman–Crippen MR) is 86.6 cm³/mol. The lowest BCUT2D eigenvalue weighted by molar-refractivity contribution is -0.559. The first kappa shape index (κ1) is 15.6. The minimum absolute atomic E-state index is 0.0458. The fourth-order valence-corrected chi connectivity index (χ4v) is 3.17. The van der Waals surface area contributed by atoms with Gasteiger partial charge in [0.2, 0.25) is 11.9 Å². The molecule has 8 heteroatoms. The molecule has 1 saturated heterocycles. The van der Waals surface area contributed by atoms with Gasteiger partial charge in [0.1, 0.15) is 6.04 Å². The number of urea groups is 1. The molecule has 124 valence electrons. The maximum absolute atomic E-state index is 12.9. The molecule has 3 heterocycles. The Labute approximate surface area is 135 Å². The maximum Gasteiger partial charge on any atom is 0.417 e. The second-order valence-electron chi connectivity index (χ2n) is 6.36. The normalized spacial score (nSPS) is 27.5. The summed E-state index contributed by atoms with van der Waals surface area (Å²) in [5.74, 6) is 0.917. The summed E-state index contributed by atoms with van der Waals surface area (Å²) < 4.78 is 1.98. The molecule has 0 bridgehead atoms. The van der Waals surface area contributed by atoms with Crippen molar-refractivity contribution < 1.29 is 14.2 Å². The highest BCUT2D eigenvalue weighted by atomic mass is 16.2. The minimum atomic E-state index is -0.561. The van der Waals surface area contributed by atoms with E-state index in [1.165, 1.54) is 9.80 Å². The van der Waals surface area contributed by atoms with Crippen LogP contribution in [0.1, 0.15) is 34.6 Å². The summed E-state index contributed by atoms with van der Waals surface area (Å²) in [4.78, 5) is 32.6. The SMILES string of the molecule is CCN1C(=O)C2C(=NC3=[N+]2C(C)C(C)=NN3C(C)C)N(C)C1=O. The molecule has 0 saturated carbocycles. The van der Waals surface area contributed by atoms with E-state index < -0.39 is 6.04 Å². The molecule has 8 nitrogen and oxygen atoms in total. The number of aliphatic imine (C=N–C) groups is 1. The van der Waals surface area contributed by atoms with E-state index in [0.29, 0.717) is 18.3 Å². The van der Waals surface area contributed by atoms with Crippen molar-refractivity contribution in [2.75, 3.05) is 13.6 Å².